The molecule has 1 amide bonds. The highest BCUT2D eigenvalue weighted by Gasteiger charge is 2.19. The number of aliphatic hydroxyl groups excluding tert-OH is 1. The second kappa shape index (κ2) is 6.99. The van der Waals surface area contributed by atoms with Crippen LogP contribution in [0, 0.1) is 0 Å². The Morgan fingerprint density at radius 2 is 2.00 bits per heavy atom. The van der Waals surface area contributed by atoms with Crippen molar-refractivity contribution in [3.63, 3.8) is 0 Å². The molecule has 1 aromatic heterocycles. The van der Waals surface area contributed by atoms with Crippen LogP contribution in [0.3, 0.4) is 0 Å². The number of fused-ring (bicyclic) bond motifs is 1. The van der Waals surface area contributed by atoms with Crippen molar-refractivity contribution in [3.05, 3.63) is 40.3 Å². The number of amides is 1. The second-order valence-corrected chi connectivity index (χ2v) is 4.82. The molecular weight excluding hydrogens is 270 g/mol. The number of aromatic nitrogens is 2. The van der Waals surface area contributed by atoms with Crippen molar-refractivity contribution in [1.82, 2.24) is 15.1 Å². The molecule has 6 heteroatoms. The molecule has 2 N–H and O–H groups in total. The lowest BCUT2D eigenvalue weighted by Crippen LogP contribution is -2.35. The lowest BCUT2D eigenvalue weighted by molar-refractivity contribution is 0.0714. The molecular formula is C15H19N3O3. The fourth-order valence-electron chi connectivity index (χ4n) is 2.21. The van der Waals surface area contributed by atoms with Gasteiger partial charge >= 0.3 is 0 Å². The molecule has 0 fully saturated rings. The van der Waals surface area contributed by atoms with Gasteiger partial charge in [-0.2, -0.15) is 5.10 Å². The fourth-order valence-corrected chi connectivity index (χ4v) is 2.21. The molecule has 0 spiro atoms. The summed E-state index contributed by atoms with van der Waals surface area (Å²) in [7, 11) is 0. The number of carbonyl (C=O) groups excluding carboxylic acids is 1. The van der Waals surface area contributed by atoms with Gasteiger partial charge in [-0.1, -0.05) is 31.5 Å². The monoisotopic (exact) mass is 289 g/mol. The number of H-pyrrole nitrogens is 1. The molecule has 0 atom stereocenters. The van der Waals surface area contributed by atoms with Crippen LogP contribution in [0.25, 0.3) is 10.8 Å². The predicted octanol–water partition coefficient (Wildman–Crippen LogP) is 1.16. The lowest BCUT2D eigenvalue weighted by atomic mass is 10.1. The van der Waals surface area contributed by atoms with Crippen LogP contribution in [0.4, 0.5) is 0 Å². The first-order valence-corrected chi connectivity index (χ1v) is 7.06. The Balaban J connectivity index is 2.42. The summed E-state index contributed by atoms with van der Waals surface area (Å²) in [6, 6.07) is 6.88. The van der Waals surface area contributed by atoms with Gasteiger partial charge in [0.25, 0.3) is 11.5 Å². The van der Waals surface area contributed by atoms with Crippen LogP contribution in [0.2, 0.25) is 0 Å². The molecule has 0 saturated heterocycles. The third-order valence-electron chi connectivity index (χ3n) is 3.34. The van der Waals surface area contributed by atoms with Gasteiger partial charge in [0.1, 0.15) is 0 Å². The van der Waals surface area contributed by atoms with Crippen molar-refractivity contribution in [3.8, 4) is 0 Å². The van der Waals surface area contributed by atoms with Gasteiger partial charge in [0.2, 0.25) is 0 Å². The number of aliphatic hydroxyl groups is 1. The number of nitrogens with zero attached hydrogens (tertiary/aromatic N) is 2. The highest BCUT2D eigenvalue weighted by molar-refractivity contribution is 6.04. The molecule has 2 aromatic rings. The summed E-state index contributed by atoms with van der Waals surface area (Å²) in [5.41, 5.74) is -0.0980. The van der Waals surface area contributed by atoms with E-state index in [1.807, 2.05) is 6.92 Å². The van der Waals surface area contributed by atoms with Gasteiger partial charge in [-0.15, -0.1) is 0 Å². The summed E-state index contributed by atoms with van der Waals surface area (Å²) in [5, 5.41) is 16.4. The fraction of sp³-hybridized carbons (Fsp3) is 0.400. The number of unbranched alkanes of at least 4 members (excludes halogenated alkanes) is 1. The van der Waals surface area contributed by atoms with E-state index in [1.165, 1.54) is 0 Å². The first kappa shape index (κ1) is 15.2. The highest BCUT2D eigenvalue weighted by Crippen LogP contribution is 2.14. The highest BCUT2D eigenvalue weighted by atomic mass is 16.3. The van der Waals surface area contributed by atoms with E-state index >= 15 is 0 Å². The van der Waals surface area contributed by atoms with Crippen molar-refractivity contribution < 1.29 is 9.90 Å². The molecule has 0 saturated carbocycles. The first-order chi connectivity index (χ1) is 10.2. The first-order valence-electron chi connectivity index (χ1n) is 7.06. The van der Waals surface area contributed by atoms with Crippen molar-refractivity contribution in [1.29, 1.82) is 0 Å². The molecule has 21 heavy (non-hydrogen) atoms. The SMILES string of the molecule is CCCCN(CCO)C(=O)c1n[nH]c(=O)c2ccccc12. The van der Waals surface area contributed by atoms with Crippen LogP contribution >= 0.6 is 0 Å². The van der Waals surface area contributed by atoms with Gasteiger partial charge in [-0.25, -0.2) is 5.10 Å². The van der Waals surface area contributed by atoms with E-state index in [0.717, 1.165) is 12.8 Å². The summed E-state index contributed by atoms with van der Waals surface area (Å²) >= 11 is 0. The Morgan fingerprint density at radius 3 is 2.67 bits per heavy atom. The van der Waals surface area contributed by atoms with Crippen LogP contribution in [-0.2, 0) is 0 Å². The Kier molecular flexibility index (Phi) is 5.05. The third kappa shape index (κ3) is 3.28. The summed E-state index contributed by atoms with van der Waals surface area (Å²) in [4.78, 5) is 25.9. The van der Waals surface area contributed by atoms with Gasteiger partial charge in [-0.3, -0.25) is 9.59 Å². The standard InChI is InChI=1S/C15H19N3O3/c1-2-3-8-18(9-10-19)15(21)13-11-6-4-5-7-12(11)14(20)17-16-13/h4-7,19H,2-3,8-10H2,1H3,(H,17,20). The van der Waals surface area contributed by atoms with Crippen LogP contribution < -0.4 is 5.56 Å². The van der Waals surface area contributed by atoms with Gasteiger partial charge in [0, 0.05) is 18.5 Å². The quantitative estimate of drug-likeness (QED) is 0.835. The molecule has 0 unspecified atom stereocenters. The van der Waals surface area contributed by atoms with E-state index in [2.05, 4.69) is 10.2 Å². The van der Waals surface area contributed by atoms with E-state index < -0.39 is 0 Å². The maximum Gasteiger partial charge on any atom is 0.275 e. The maximum absolute atomic E-state index is 12.6. The Labute approximate surface area is 122 Å². The summed E-state index contributed by atoms with van der Waals surface area (Å²) < 4.78 is 0. The Morgan fingerprint density at radius 1 is 1.29 bits per heavy atom. The Hall–Kier alpha value is -2.21. The molecule has 1 heterocycles. The number of hydrogen-bond acceptors (Lipinski definition) is 4. The third-order valence-corrected chi connectivity index (χ3v) is 3.34. The maximum atomic E-state index is 12.6. The second-order valence-electron chi connectivity index (χ2n) is 4.82. The minimum atomic E-state index is -0.315. The number of carbonyl (C=O) groups is 1. The van der Waals surface area contributed by atoms with Crippen LogP contribution in [0.15, 0.2) is 29.1 Å². The zero-order valence-electron chi connectivity index (χ0n) is 12.0. The predicted molar refractivity (Wildman–Crippen MR) is 80.3 cm³/mol. The molecule has 112 valence electrons. The zero-order chi connectivity index (χ0) is 15.2. The van der Waals surface area contributed by atoms with E-state index in [9.17, 15) is 9.59 Å². The topological polar surface area (TPSA) is 86.3 Å². The summed E-state index contributed by atoms with van der Waals surface area (Å²) in [6.07, 6.45) is 1.81. The van der Waals surface area contributed by atoms with Gasteiger partial charge in [0.15, 0.2) is 5.69 Å². The minimum Gasteiger partial charge on any atom is -0.395 e. The van der Waals surface area contributed by atoms with Gasteiger partial charge in [0.05, 0.1) is 12.0 Å². The molecule has 0 radical (unpaired) electrons. The van der Waals surface area contributed by atoms with E-state index in [4.69, 9.17) is 5.11 Å². The molecule has 0 aliphatic carbocycles. The molecule has 0 aliphatic heterocycles. The van der Waals surface area contributed by atoms with Crippen molar-refractivity contribution in [2.24, 2.45) is 0 Å². The van der Waals surface area contributed by atoms with E-state index in [1.54, 1.807) is 29.2 Å². The Bertz CT molecular complexity index is 681. The number of nitrogens with one attached hydrogen (secondary N) is 1. The molecule has 6 nitrogen and oxygen atoms in total. The molecule has 1 aromatic carbocycles. The lowest BCUT2D eigenvalue weighted by Gasteiger charge is -2.21. The number of aromatic amines is 1. The number of hydrogen-bond donors (Lipinski definition) is 2. The molecule has 0 aliphatic rings. The normalized spacial score (nSPS) is 10.8. The molecule has 0 bridgehead atoms. The summed E-state index contributed by atoms with van der Waals surface area (Å²) in [6.45, 7) is 2.75. The number of rotatable bonds is 6. The van der Waals surface area contributed by atoms with Gasteiger partial charge in [-0.05, 0) is 12.5 Å². The van der Waals surface area contributed by atoms with Gasteiger partial charge < -0.3 is 10.0 Å². The average Bonchev–Trinajstić information content (AvgIpc) is 2.51. The average molecular weight is 289 g/mol. The zero-order valence-corrected chi connectivity index (χ0v) is 12.0. The van der Waals surface area contributed by atoms with Crippen LogP contribution in [0.5, 0.6) is 0 Å². The number of benzene rings is 1. The van der Waals surface area contributed by atoms with Crippen molar-refractivity contribution >= 4 is 16.7 Å². The van der Waals surface area contributed by atoms with Crippen molar-refractivity contribution in [2.45, 2.75) is 19.8 Å². The minimum absolute atomic E-state index is 0.100. The summed E-state index contributed by atoms with van der Waals surface area (Å²) in [5.74, 6) is -0.273. The van der Waals surface area contributed by atoms with Crippen molar-refractivity contribution in [2.75, 3.05) is 19.7 Å². The van der Waals surface area contributed by atoms with E-state index in [-0.39, 0.29) is 30.3 Å². The largest absolute Gasteiger partial charge is 0.395 e. The van der Waals surface area contributed by atoms with Crippen LogP contribution in [0.1, 0.15) is 30.3 Å². The molecule has 2 rings (SSSR count). The van der Waals surface area contributed by atoms with E-state index in [0.29, 0.717) is 17.3 Å². The van der Waals surface area contributed by atoms with Crippen LogP contribution in [-0.4, -0.2) is 45.8 Å². The smallest absolute Gasteiger partial charge is 0.275 e.